The van der Waals surface area contributed by atoms with E-state index < -0.39 is 56.3 Å². The van der Waals surface area contributed by atoms with Crippen LogP contribution in [0, 0.1) is 0 Å². The molecule has 0 spiro atoms. The molecule has 2 aromatic rings. The van der Waals surface area contributed by atoms with E-state index >= 15 is 0 Å². The number of halogens is 5. The van der Waals surface area contributed by atoms with Crippen molar-refractivity contribution in [3.63, 3.8) is 0 Å². The summed E-state index contributed by atoms with van der Waals surface area (Å²) in [6.07, 6.45) is 1.42. The van der Waals surface area contributed by atoms with Crippen LogP contribution in [-0.4, -0.2) is 66.5 Å². The van der Waals surface area contributed by atoms with Gasteiger partial charge >= 0.3 is 11.5 Å². The van der Waals surface area contributed by atoms with Gasteiger partial charge in [-0.05, 0) is 62.2 Å². The number of ether oxygens (including phenoxy) is 1. The van der Waals surface area contributed by atoms with Crippen LogP contribution in [-0.2, 0) is 25.9 Å². The Morgan fingerprint density at radius 1 is 1.13 bits per heavy atom. The highest BCUT2D eigenvalue weighted by atomic mass is 32.2. The van der Waals surface area contributed by atoms with Crippen molar-refractivity contribution in [3.05, 3.63) is 48.2 Å². The number of sulfone groups is 1. The SMILES string of the molecule is CC1(C)C(=O)N(c2ccc(S(=O)(=O)C(F)(F)F)cc2)C(=O)N1Cc1ccnc(N[C@H]2CCOCC2(F)F)c1. The zero-order chi connectivity index (χ0) is 28.1. The molecule has 1 N–H and O–H groups in total. The Kier molecular flexibility index (Phi) is 6.89. The van der Waals surface area contributed by atoms with E-state index in [1.807, 2.05) is 0 Å². The highest BCUT2D eigenvalue weighted by Gasteiger charge is 2.52. The van der Waals surface area contributed by atoms with Crippen LogP contribution in [0.5, 0.6) is 0 Å². The lowest BCUT2D eigenvalue weighted by atomic mass is 10.0. The quantitative estimate of drug-likeness (QED) is 0.420. The number of pyridine rings is 1. The number of nitrogens with one attached hydrogen (secondary N) is 1. The zero-order valence-corrected chi connectivity index (χ0v) is 20.9. The topological polar surface area (TPSA) is 109 Å². The van der Waals surface area contributed by atoms with E-state index in [0.717, 1.165) is 17.0 Å². The fourth-order valence-electron chi connectivity index (χ4n) is 4.15. The molecule has 38 heavy (non-hydrogen) atoms. The fraction of sp³-hybridized carbons (Fsp3) is 0.435. The average molecular weight is 563 g/mol. The van der Waals surface area contributed by atoms with Gasteiger partial charge < -0.3 is 15.0 Å². The molecular weight excluding hydrogens is 539 g/mol. The third kappa shape index (κ3) is 4.91. The van der Waals surface area contributed by atoms with Crippen molar-refractivity contribution >= 4 is 33.3 Å². The van der Waals surface area contributed by atoms with Crippen molar-refractivity contribution in [1.82, 2.24) is 9.88 Å². The molecule has 2 aliphatic heterocycles. The van der Waals surface area contributed by atoms with E-state index in [-0.39, 0.29) is 31.1 Å². The number of alkyl halides is 5. The van der Waals surface area contributed by atoms with Gasteiger partial charge in [0.2, 0.25) is 0 Å². The van der Waals surface area contributed by atoms with Crippen molar-refractivity contribution < 1.29 is 44.7 Å². The highest BCUT2D eigenvalue weighted by molar-refractivity contribution is 7.92. The van der Waals surface area contributed by atoms with E-state index in [0.29, 0.717) is 17.7 Å². The van der Waals surface area contributed by atoms with Crippen molar-refractivity contribution in [2.75, 3.05) is 23.4 Å². The van der Waals surface area contributed by atoms with Gasteiger partial charge in [0.1, 0.15) is 18.0 Å². The number of carbonyl (C=O) groups excluding carboxylic acids is 2. The number of amides is 3. The average Bonchev–Trinajstić information content (AvgIpc) is 2.99. The lowest BCUT2D eigenvalue weighted by molar-refractivity contribution is -0.123. The minimum absolute atomic E-state index is 0.0586. The minimum Gasteiger partial charge on any atom is -0.375 e. The number of benzene rings is 1. The molecule has 0 aliphatic carbocycles. The van der Waals surface area contributed by atoms with Crippen LogP contribution in [0.15, 0.2) is 47.5 Å². The van der Waals surface area contributed by atoms with Gasteiger partial charge in [0.25, 0.3) is 21.7 Å². The van der Waals surface area contributed by atoms with Crippen LogP contribution >= 0.6 is 0 Å². The smallest absolute Gasteiger partial charge is 0.375 e. The summed E-state index contributed by atoms with van der Waals surface area (Å²) in [7, 11) is -5.60. The van der Waals surface area contributed by atoms with Crippen molar-refractivity contribution in [2.45, 2.75) is 54.7 Å². The summed E-state index contributed by atoms with van der Waals surface area (Å²) in [5.41, 5.74) is -6.54. The second-order valence-electron chi connectivity index (χ2n) is 9.36. The monoisotopic (exact) mass is 562 g/mol. The fourth-order valence-corrected chi connectivity index (χ4v) is 4.91. The third-order valence-electron chi connectivity index (χ3n) is 6.38. The highest BCUT2D eigenvalue weighted by Crippen LogP contribution is 2.36. The number of nitrogens with zero attached hydrogens (tertiary/aromatic N) is 3. The molecule has 0 radical (unpaired) electrons. The number of aromatic nitrogens is 1. The maximum absolute atomic E-state index is 14.1. The van der Waals surface area contributed by atoms with Crippen molar-refractivity contribution in [1.29, 1.82) is 0 Å². The molecule has 2 aliphatic rings. The summed E-state index contributed by atoms with van der Waals surface area (Å²) < 4.78 is 94.8. The van der Waals surface area contributed by atoms with Gasteiger partial charge in [0.15, 0.2) is 0 Å². The van der Waals surface area contributed by atoms with E-state index in [2.05, 4.69) is 10.3 Å². The molecule has 1 aromatic heterocycles. The summed E-state index contributed by atoms with van der Waals surface area (Å²) in [6, 6.07) is 4.23. The summed E-state index contributed by atoms with van der Waals surface area (Å²) in [5, 5.41) is 2.69. The van der Waals surface area contributed by atoms with Crippen LogP contribution in [0.4, 0.5) is 38.3 Å². The number of carbonyl (C=O) groups is 2. The minimum atomic E-state index is -5.60. The second-order valence-corrected chi connectivity index (χ2v) is 11.3. The maximum atomic E-state index is 14.1. The van der Waals surface area contributed by atoms with E-state index in [1.165, 1.54) is 31.0 Å². The molecule has 15 heteroatoms. The van der Waals surface area contributed by atoms with E-state index in [1.54, 1.807) is 6.07 Å². The molecule has 0 saturated carbocycles. The molecule has 9 nitrogen and oxygen atoms in total. The number of rotatable bonds is 6. The molecule has 0 unspecified atom stereocenters. The van der Waals surface area contributed by atoms with Gasteiger partial charge in [-0.1, -0.05) is 0 Å². The molecule has 2 fully saturated rings. The predicted octanol–water partition coefficient (Wildman–Crippen LogP) is 3.96. The number of imide groups is 1. The van der Waals surface area contributed by atoms with Crippen molar-refractivity contribution in [2.24, 2.45) is 0 Å². The zero-order valence-electron chi connectivity index (χ0n) is 20.1. The Morgan fingerprint density at radius 3 is 2.39 bits per heavy atom. The summed E-state index contributed by atoms with van der Waals surface area (Å²) in [6.45, 7) is 2.26. The van der Waals surface area contributed by atoms with Gasteiger partial charge in [-0.15, -0.1) is 0 Å². The van der Waals surface area contributed by atoms with E-state index in [4.69, 9.17) is 4.74 Å². The largest absolute Gasteiger partial charge is 0.501 e. The van der Waals surface area contributed by atoms with Crippen LogP contribution in [0.25, 0.3) is 0 Å². The Morgan fingerprint density at radius 2 is 1.79 bits per heavy atom. The summed E-state index contributed by atoms with van der Waals surface area (Å²) >= 11 is 0. The van der Waals surface area contributed by atoms with Crippen molar-refractivity contribution in [3.8, 4) is 0 Å². The van der Waals surface area contributed by atoms with E-state index in [9.17, 15) is 40.0 Å². The Bertz CT molecular complexity index is 1350. The normalized spacial score (nSPS) is 21.6. The van der Waals surface area contributed by atoms with Crippen LogP contribution in [0.3, 0.4) is 0 Å². The standard InChI is InChI=1S/C23H23F5N4O5S/c1-21(2)19(33)32(15-3-5-16(6-4-15)38(35,36)23(26,27)28)20(34)31(21)12-14-7-9-29-18(11-14)30-17-8-10-37-13-22(17,24)25/h3-7,9,11,17H,8,10,12-13H2,1-2H3,(H,29,30)/t17-/m0/s1. The molecule has 1 aromatic carbocycles. The number of hydrogen-bond donors (Lipinski definition) is 1. The lowest BCUT2D eigenvalue weighted by Crippen LogP contribution is -2.47. The predicted molar refractivity (Wildman–Crippen MR) is 124 cm³/mol. The Hall–Kier alpha value is -3.33. The van der Waals surface area contributed by atoms with Gasteiger partial charge in [-0.25, -0.2) is 31.9 Å². The first kappa shape index (κ1) is 27.7. The molecule has 206 valence electrons. The first-order valence-electron chi connectivity index (χ1n) is 11.3. The number of anilines is 2. The maximum Gasteiger partial charge on any atom is 0.501 e. The molecule has 4 rings (SSSR count). The number of hydrogen-bond acceptors (Lipinski definition) is 7. The molecule has 3 amide bonds. The lowest BCUT2D eigenvalue weighted by Gasteiger charge is -2.32. The van der Waals surface area contributed by atoms with Gasteiger partial charge in [-0.2, -0.15) is 13.2 Å². The van der Waals surface area contributed by atoms with Gasteiger partial charge in [-0.3, -0.25) is 4.79 Å². The molecule has 1 atom stereocenters. The molecule has 3 heterocycles. The first-order valence-corrected chi connectivity index (χ1v) is 12.8. The van der Waals surface area contributed by atoms with Gasteiger partial charge in [0.05, 0.1) is 16.6 Å². The summed E-state index contributed by atoms with van der Waals surface area (Å²) in [5.74, 6) is -3.66. The first-order chi connectivity index (χ1) is 17.6. The third-order valence-corrected chi connectivity index (χ3v) is 7.88. The molecule has 2 saturated heterocycles. The molecule has 0 bridgehead atoms. The molecular formula is C23H23F5N4O5S. The van der Waals surface area contributed by atoms with Crippen LogP contribution < -0.4 is 10.2 Å². The van der Waals surface area contributed by atoms with Crippen LogP contribution in [0.1, 0.15) is 25.8 Å². The number of urea groups is 1. The van der Waals surface area contributed by atoms with Crippen LogP contribution in [0.2, 0.25) is 0 Å². The summed E-state index contributed by atoms with van der Waals surface area (Å²) in [4.78, 5) is 31.4. The Balaban J connectivity index is 1.55. The van der Waals surface area contributed by atoms with Gasteiger partial charge in [0, 0.05) is 19.3 Å². The Labute approximate surface area is 214 Å². The second kappa shape index (κ2) is 9.45.